The third-order valence-electron chi connectivity index (χ3n) is 3.67. The van der Waals surface area contributed by atoms with Crippen LogP contribution < -0.4 is 5.14 Å². The second kappa shape index (κ2) is 5.76. The zero-order valence-corrected chi connectivity index (χ0v) is 14.0. The van der Waals surface area contributed by atoms with Gasteiger partial charge in [-0.15, -0.1) is 0 Å². The second-order valence-corrected chi connectivity index (χ2v) is 7.81. The summed E-state index contributed by atoms with van der Waals surface area (Å²) in [5.41, 5.74) is 0.0454. The van der Waals surface area contributed by atoms with Gasteiger partial charge in [-0.2, -0.15) is 0 Å². The van der Waals surface area contributed by atoms with Gasteiger partial charge in [0.25, 0.3) is 5.91 Å². The fourth-order valence-corrected chi connectivity index (χ4v) is 3.67. The summed E-state index contributed by atoms with van der Waals surface area (Å²) in [6, 6.07) is 2.49. The first kappa shape index (κ1) is 16.5. The number of nitrogens with two attached hydrogens (primary N) is 1. The maximum atomic E-state index is 12.4. The molecule has 2 rings (SSSR count). The van der Waals surface area contributed by atoms with Crippen molar-refractivity contribution < 1.29 is 13.2 Å². The molecule has 0 aromatic heterocycles. The van der Waals surface area contributed by atoms with Crippen LogP contribution in [0.2, 0.25) is 10.0 Å². The average molecular weight is 351 g/mol. The van der Waals surface area contributed by atoms with Gasteiger partial charge >= 0.3 is 0 Å². The van der Waals surface area contributed by atoms with Gasteiger partial charge in [0.05, 0.1) is 10.6 Å². The van der Waals surface area contributed by atoms with Crippen molar-refractivity contribution in [1.29, 1.82) is 0 Å². The molecule has 0 bridgehead atoms. The topological polar surface area (TPSA) is 80.5 Å². The summed E-state index contributed by atoms with van der Waals surface area (Å²) in [6.07, 6.45) is 1.09. The molecule has 1 saturated carbocycles. The molecule has 2 atom stereocenters. The van der Waals surface area contributed by atoms with Gasteiger partial charge in [0.1, 0.15) is 4.90 Å². The number of hydrogen-bond acceptors (Lipinski definition) is 3. The zero-order valence-electron chi connectivity index (χ0n) is 11.6. The molecule has 116 valence electrons. The molecule has 2 N–H and O–H groups in total. The first-order chi connectivity index (χ1) is 9.61. The minimum atomic E-state index is -4.04. The maximum Gasteiger partial charge on any atom is 0.255 e. The molecule has 0 aliphatic heterocycles. The van der Waals surface area contributed by atoms with Crippen molar-refractivity contribution in [1.82, 2.24) is 4.90 Å². The molecule has 1 aliphatic carbocycles. The van der Waals surface area contributed by atoms with Crippen LogP contribution in [0.5, 0.6) is 0 Å². The molecular weight excluding hydrogens is 335 g/mol. The van der Waals surface area contributed by atoms with Gasteiger partial charge in [-0.3, -0.25) is 4.79 Å². The number of hydrogen-bond donors (Lipinski definition) is 1. The van der Waals surface area contributed by atoms with E-state index in [1.165, 1.54) is 11.0 Å². The predicted octanol–water partition coefficient (Wildman–Crippen LogP) is 2.37. The Labute approximate surface area is 134 Å². The van der Waals surface area contributed by atoms with Crippen LogP contribution in [-0.4, -0.2) is 32.8 Å². The number of carbonyl (C=O) groups is 1. The predicted molar refractivity (Wildman–Crippen MR) is 82.1 cm³/mol. The molecule has 21 heavy (non-hydrogen) atoms. The molecule has 0 radical (unpaired) electrons. The summed E-state index contributed by atoms with van der Waals surface area (Å²) in [5, 5.41) is 4.99. The molecule has 1 amide bonds. The second-order valence-electron chi connectivity index (χ2n) is 5.47. The van der Waals surface area contributed by atoms with Crippen molar-refractivity contribution in [3.8, 4) is 0 Å². The van der Waals surface area contributed by atoms with Gasteiger partial charge in [-0.1, -0.05) is 30.1 Å². The van der Waals surface area contributed by atoms with Crippen molar-refractivity contribution >= 4 is 39.1 Å². The molecule has 1 aliphatic rings. The van der Waals surface area contributed by atoms with Crippen LogP contribution in [0.25, 0.3) is 0 Å². The van der Waals surface area contributed by atoms with Crippen LogP contribution in [0.15, 0.2) is 17.0 Å². The average Bonchev–Trinajstić information content (AvgIpc) is 3.05. The number of carbonyl (C=O) groups excluding carboxylic acids is 1. The Bertz CT molecular complexity index is 691. The fourth-order valence-electron chi connectivity index (χ4n) is 2.22. The maximum absolute atomic E-state index is 12.4. The number of primary sulfonamides is 1. The van der Waals surface area contributed by atoms with E-state index >= 15 is 0 Å². The summed E-state index contributed by atoms with van der Waals surface area (Å²) < 4.78 is 23.0. The highest BCUT2D eigenvalue weighted by Gasteiger charge is 2.34. The summed E-state index contributed by atoms with van der Waals surface area (Å²) in [7, 11) is -2.39. The van der Waals surface area contributed by atoms with E-state index in [4.69, 9.17) is 28.3 Å². The van der Waals surface area contributed by atoms with Gasteiger partial charge in [-0.25, -0.2) is 13.6 Å². The van der Waals surface area contributed by atoms with E-state index in [1.807, 2.05) is 0 Å². The monoisotopic (exact) mass is 350 g/mol. The van der Waals surface area contributed by atoms with E-state index in [9.17, 15) is 13.2 Å². The first-order valence-electron chi connectivity index (χ1n) is 6.38. The van der Waals surface area contributed by atoms with Crippen LogP contribution in [-0.2, 0) is 10.0 Å². The number of sulfonamides is 1. The number of amides is 1. The van der Waals surface area contributed by atoms with Crippen molar-refractivity contribution in [3.05, 3.63) is 27.7 Å². The van der Waals surface area contributed by atoms with Crippen molar-refractivity contribution in [2.75, 3.05) is 13.6 Å². The number of halogens is 2. The van der Waals surface area contributed by atoms with E-state index in [0.29, 0.717) is 18.4 Å². The molecule has 2 unspecified atom stereocenters. The van der Waals surface area contributed by atoms with Gasteiger partial charge in [0.2, 0.25) is 10.0 Å². The van der Waals surface area contributed by atoms with E-state index < -0.39 is 10.0 Å². The molecule has 1 fully saturated rings. The Morgan fingerprint density at radius 1 is 1.43 bits per heavy atom. The third kappa shape index (κ3) is 3.69. The molecule has 1 aromatic carbocycles. The lowest BCUT2D eigenvalue weighted by Crippen LogP contribution is -2.29. The minimum Gasteiger partial charge on any atom is -0.341 e. The van der Waals surface area contributed by atoms with Gasteiger partial charge < -0.3 is 4.90 Å². The fraction of sp³-hybridized carbons (Fsp3) is 0.462. The molecule has 1 aromatic rings. The molecule has 8 heteroatoms. The van der Waals surface area contributed by atoms with Gasteiger partial charge in [0.15, 0.2) is 0 Å². The van der Waals surface area contributed by atoms with Crippen LogP contribution in [0.3, 0.4) is 0 Å². The van der Waals surface area contributed by atoms with Gasteiger partial charge in [0, 0.05) is 18.6 Å². The Hall–Kier alpha value is -0.820. The molecule has 0 spiro atoms. The normalized spacial score (nSPS) is 21.2. The van der Waals surface area contributed by atoms with Crippen molar-refractivity contribution in [3.63, 3.8) is 0 Å². The third-order valence-corrected chi connectivity index (χ3v) is 5.34. The van der Waals surface area contributed by atoms with Gasteiger partial charge in [-0.05, 0) is 30.4 Å². The van der Waals surface area contributed by atoms with E-state index in [1.54, 1.807) is 7.05 Å². The summed E-state index contributed by atoms with van der Waals surface area (Å²) in [4.78, 5) is 13.6. The van der Waals surface area contributed by atoms with E-state index in [2.05, 4.69) is 6.92 Å². The largest absolute Gasteiger partial charge is 0.341 e. The SMILES string of the molecule is CC1CC1CN(C)C(=O)c1cc(Cl)cc(S(N)(=O)=O)c1Cl. The molecule has 0 heterocycles. The van der Waals surface area contributed by atoms with E-state index in [0.717, 1.165) is 12.5 Å². The molecule has 5 nitrogen and oxygen atoms in total. The minimum absolute atomic E-state index is 0.0454. The Balaban J connectivity index is 2.34. The highest BCUT2D eigenvalue weighted by Crippen LogP contribution is 2.38. The Kier molecular flexibility index (Phi) is 4.54. The Morgan fingerprint density at radius 2 is 2.00 bits per heavy atom. The lowest BCUT2D eigenvalue weighted by atomic mass is 10.2. The van der Waals surface area contributed by atoms with Crippen LogP contribution >= 0.6 is 23.2 Å². The molecule has 0 saturated heterocycles. The zero-order chi connectivity index (χ0) is 15.9. The smallest absolute Gasteiger partial charge is 0.255 e. The lowest BCUT2D eigenvalue weighted by Gasteiger charge is -2.18. The first-order valence-corrected chi connectivity index (χ1v) is 8.68. The summed E-state index contributed by atoms with van der Waals surface area (Å²) in [5.74, 6) is 0.719. The number of rotatable bonds is 4. The lowest BCUT2D eigenvalue weighted by molar-refractivity contribution is 0.0787. The van der Waals surface area contributed by atoms with Crippen LogP contribution in [0.4, 0.5) is 0 Å². The number of benzene rings is 1. The highest BCUT2D eigenvalue weighted by atomic mass is 35.5. The standard InChI is InChI=1S/C13H16Cl2N2O3S/c1-7-3-8(7)6-17(2)13(18)10-4-9(14)5-11(12(10)15)21(16,19)20/h4-5,7-8H,3,6H2,1-2H3,(H2,16,19,20). The van der Waals surface area contributed by atoms with Crippen LogP contribution in [0, 0.1) is 11.8 Å². The Morgan fingerprint density at radius 3 is 2.48 bits per heavy atom. The van der Waals surface area contributed by atoms with E-state index in [-0.39, 0.29) is 26.4 Å². The van der Waals surface area contributed by atoms with Crippen molar-refractivity contribution in [2.24, 2.45) is 17.0 Å². The molecular formula is C13H16Cl2N2O3S. The summed E-state index contributed by atoms with van der Waals surface area (Å²) >= 11 is 11.9. The highest BCUT2D eigenvalue weighted by molar-refractivity contribution is 7.89. The number of nitrogens with zero attached hydrogens (tertiary/aromatic N) is 1. The quantitative estimate of drug-likeness (QED) is 0.904. The van der Waals surface area contributed by atoms with Crippen molar-refractivity contribution in [2.45, 2.75) is 18.2 Å². The van der Waals surface area contributed by atoms with Crippen LogP contribution in [0.1, 0.15) is 23.7 Å². The summed E-state index contributed by atoms with van der Waals surface area (Å²) in [6.45, 7) is 2.72.